The molecular formula is C24H24ClN3O4S. The van der Waals surface area contributed by atoms with Crippen molar-refractivity contribution in [3.05, 3.63) is 95.0 Å². The first kappa shape index (κ1) is 24.4. The topological polar surface area (TPSA) is 95.6 Å². The van der Waals surface area contributed by atoms with Crippen LogP contribution in [0, 0.1) is 0 Å². The van der Waals surface area contributed by atoms with Crippen molar-refractivity contribution in [3.8, 4) is 0 Å². The number of nitrogens with zero attached hydrogens (tertiary/aromatic N) is 1. The first-order valence-electron chi connectivity index (χ1n) is 10.2. The van der Waals surface area contributed by atoms with Gasteiger partial charge in [-0.1, -0.05) is 54.1 Å². The van der Waals surface area contributed by atoms with Gasteiger partial charge in [0.05, 0.1) is 16.1 Å². The van der Waals surface area contributed by atoms with E-state index in [2.05, 4.69) is 10.0 Å². The lowest BCUT2D eigenvalue weighted by atomic mass is 10.1. The number of sulfonamides is 1. The number of hydrogen-bond acceptors (Lipinski definition) is 4. The molecule has 0 unspecified atom stereocenters. The largest absolute Gasteiger partial charge is 0.337 e. The molecule has 33 heavy (non-hydrogen) atoms. The highest BCUT2D eigenvalue weighted by molar-refractivity contribution is 7.89. The van der Waals surface area contributed by atoms with Gasteiger partial charge >= 0.3 is 0 Å². The van der Waals surface area contributed by atoms with Gasteiger partial charge in [-0.25, -0.2) is 13.1 Å². The van der Waals surface area contributed by atoms with Gasteiger partial charge < -0.3 is 10.2 Å². The summed E-state index contributed by atoms with van der Waals surface area (Å²) >= 11 is 5.78. The van der Waals surface area contributed by atoms with Crippen LogP contribution in [0.4, 0.5) is 5.69 Å². The van der Waals surface area contributed by atoms with Crippen LogP contribution >= 0.6 is 11.6 Å². The van der Waals surface area contributed by atoms with Crippen molar-refractivity contribution in [1.29, 1.82) is 0 Å². The summed E-state index contributed by atoms with van der Waals surface area (Å²) < 4.78 is 27.0. The summed E-state index contributed by atoms with van der Waals surface area (Å²) in [5, 5.41) is 3.13. The Balaban J connectivity index is 1.59. The molecule has 3 rings (SSSR count). The number of hydrogen-bond donors (Lipinski definition) is 2. The Morgan fingerprint density at radius 2 is 1.55 bits per heavy atom. The average molecular weight is 486 g/mol. The van der Waals surface area contributed by atoms with E-state index in [0.29, 0.717) is 22.8 Å². The number of amides is 2. The Hall–Kier alpha value is -3.20. The highest BCUT2D eigenvalue weighted by atomic mass is 35.5. The molecule has 0 saturated carbocycles. The molecule has 0 aromatic heterocycles. The quantitative estimate of drug-likeness (QED) is 0.480. The van der Waals surface area contributed by atoms with Crippen LogP contribution in [0.15, 0.2) is 83.8 Å². The molecule has 0 aliphatic heterocycles. The molecule has 0 radical (unpaired) electrons. The second-order valence-corrected chi connectivity index (χ2v) is 9.55. The zero-order valence-corrected chi connectivity index (χ0v) is 19.6. The predicted octanol–water partition coefficient (Wildman–Crippen LogP) is 3.92. The fourth-order valence-electron chi connectivity index (χ4n) is 3.12. The number of nitrogens with one attached hydrogen (secondary N) is 2. The van der Waals surface area contributed by atoms with Crippen LogP contribution in [-0.4, -0.2) is 38.7 Å². The lowest BCUT2D eigenvalue weighted by Crippen LogP contribution is -2.29. The molecule has 2 amide bonds. The van der Waals surface area contributed by atoms with Gasteiger partial charge in [-0.05, 0) is 42.0 Å². The van der Waals surface area contributed by atoms with Crippen LogP contribution in [0.3, 0.4) is 0 Å². The van der Waals surface area contributed by atoms with Gasteiger partial charge in [-0.15, -0.1) is 0 Å². The SMILES string of the molecule is CN(Cc1ccccc1)C(=O)c1ccccc1NC(=O)CCNS(=O)(=O)c1ccc(Cl)cc1. The van der Waals surface area contributed by atoms with Crippen molar-refractivity contribution in [2.45, 2.75) is 17.9 Å². The molecule has 0 aliphatic carbocycles. The van der Waals surface area contributed by atoms with E-state index in [1.54, 1.807) is 36.2 Å². The first-order valence-corrected chi connectivity index (χ1v) is 12.1. The maximum Gasteiger partial charge on any atom is 0.256 e. The van der Waals surface area contributed by atoms with E-state index < -0.39 is 15.9 Å². The highest BCUT2D eigenvalue weighted by Crippen LogP contribution is 2.18. The fraction of sp³-hybridized carbons (Fsp3) is 0.167. The third-order valence-electron chi connectivity index (χ3n) is 4.81. The average Bonchev–Trinajstić information content (AvgIpc) is 2.80. The van der Waals surface area contributed by atoms with Gasteiger partial charge in [0, 0.05) is 31.6 Å². The molecule has 2 N–H and O–H groups in total. The van der Waals surface area contributed by atoms with E-state index in [0.717, 1.165) is 5.56 Å². The molecule has 0 bridgehead atoms. The molecule has 0 fully saturated rings. The molecule has 172 valence electrons. The summed E-state index contributed by atoms with van der Waals surface area (Å²) in [6.45, 7) is 0.329. The molecule has 0 saturated heterocycles. The van der Waals surface area contributed by atoms with Crippen molar-refractivity contribution in [2.24, 2.45) is 0 Å². The van der Waals surface area contributed by atoms with E-state index in [9.17, 15) is 18.0 Å². The molecule has 0 atom stereocenters. The summed E-state index contributed by atoms with van der Waals surface area (Å²) in [5.41, 5.74) is 1.71. The minimum atomic E-state index is -3.76. The summed E-state index contributed by atoms with van der Waals surface area (Å²) in [6, 6.07) is 22.0. The van der Waals surface area contributed by atoms with Gasteiger partial charge in [0.1, 0.15) is 0 Å². The highest BCUT2D eigenvalue weighted by Gasteiger charge is 2.18. The van der Waals surface area contributed by atoms with Gasteiger partial charge in [0.2, 0.25) is 15.9 Å². The minimum absolute atomic E-state index is 0.0599. The van der Waals surface area contributed by atoms with Gasteiger partial charge in [0.25, 0.3) is 5.91 Å². The van der Waals surface area contributed by atoms with Gasteiger partial charge in [-0.3, -0.25) is 9.59 Å². The van der Waals surface area contributed by atoms with Crippen molar-refractivity contribution in [2.75, 3.05) is 18.9 Å². The maximum atomic E-state index is 13.0. The van der Waals surface area contributed by atoms with Crippen LogP contribution in [0.5, 0.6) is 0 Å². The number of carbonyl (C=O) groups excluding carboxylic acids is 2. The Kier molecular flexibility index (Phi) is 8.21. The molecule has 7 nitrogen and oxygen atoms in total. The minimum Gasteiger partial charge on any atom is -0.337 e. The lowest BCUT2D eigenvalue weighted by molar-refractivity contribution is -0.116. The van der Waals surface area contributed by atoms with Crippen molar-refractivity contribution in [3.63, 3.8) is 0 Å². The number of halogens is 1. The van der Waals surface area contributed by atoms with Crippen LogP contribution in [0.2, 0.25) is 5.02 Å². The van der Waals surface area contributed by atoms with E-state index in [1.165, 1.54) is 24.3 Å². The number of carbonyl (C=O) groups is 2. The van der Waals surface area contributed by atoms with E-state index in [1.807, 2.05) is 30.3 Å². The first-order chi connectivity index (χ1) is 15.8. The molecule has 0 spiro atoms. The Morgan fingerprint density at radius 1 is 0.909 bits per heavy atom. The number of anilines is 1. The van der Waals surface area contributed by atoms with Crippen molar-refractivity contribution in [1.82, 2.24) is 9.62 Å². The van der Waals surface area contributed by atoms with Gasteiger partial charge in [0.15, 0.2) is 0 Å². The van der Waals surface area contributed by atoms with Gasteiger partial charge in [-0.2, -0.15) is 0 Å². The molecule has 0 aliphatic rings. The molecule has 0 heterocycles. The maximum absolute atomic E-state index is 13.0. The fourth-order valence-corrected chi connectivity index (χ4v) is 4.28. The number of benzene rings is 3. The van der Waals surface area contributed by atoms with E-state index >= 15 is 0 Å². The number of para-hydroxylation sites is 1. The Labute approximate surface area is 198 Å². The third-order valence-corrected chi connectivity index (χ3v) is 6.54. The summed E-state index contributed by atoms with van der Waals surface area (Å²) in [7, 11) is -2.06. The van der Waals surface area contributed by atoms with Crippen LogP contribution in [0.1, 0.15) is 22.3 Å². The number of rotatable bonds is 9. The second-order valence-electron chi connectivity index (χ2n) is 7.34. The van der Waals surface area contributed by atoms with Crippen molar-refractivity contribution < 1.29 is 18.0 Å². The van der Waals surface area contributed by atoms with E-state index in [-0.39, 0.29) is 23.8 Å². The summed E-state index contributed by atoms with van der Waals surface area (Å²) in [6.07, 6.45) is -0.102. The van der Waals surface area contributed by atoms with E-state index in [4.69, 9.17) is 11.6 Å². The molecule has 9 heteroatoms. The summed E-state index contributed by atoms with van der Waals surface area (Å²) in [5.74, 6) is -0.655. The van der Waals surface area contributed by atoms with Crippen molar-refractivity contribution >= 4 is 39.1 Å². The second kappa shape index (κ2) is 11.1. The Bertz CT molecular complexity index is 1220. The smallest absolute Gasteiger partial charge is 0.256 e. The Morgan fingerprint density at radius 3 is 2.24 bits per heavy atom. The third kappa shape index (κ3) is 6.89. The molecule has 3 aromatic rings. The monoisotopic (exact) mass is 485 g/mol. The summed E-state index contributed by atoms with van der Waals surface area (Å²) in [4.78, 5) is 27.0. The standard InChI is InChI=1S/C24H24ClN3O4S/c1-28(17-18-7-3-2-4-8-18)24(30)21-9-5-6-10-22(21)27-23(29)15-16-26-33(31,32)20-13-11-19(25)12-14-20/h2-14,26H,15-17H2,1H3,(H,27,29). The normalized spacial score (nSPS) is 11.1. The zero-order chi connectivity index (χ0) is 23.8. The molecule has 3 aromatic carbocycles. The zero-order valence-electron chi connectivity index (χ0n) is 18.0. The van der Waals surface area contributed by atoms with Crippen LogP contribution in [-0.2, 0) is 21.4 Å². The van der Waals surface area contributed by atoms with Crippen LogP contribution < -0.4 is 10.0 Å². The van der Waals surface area contributed by atoms with Crippen LogP contribution in [0.25, 0.3) is 0 Å². The lowest BCUT2D eigenvalue weighted by Gasteiger charge is -2.19. The predicted molar refractivity (Wildman–Crippen MR) is 129 cm³/mol. The molecular weight excluding hydrogens is 462 g/mol.